The molecule has 0 amide bonds. The number of aromatic nitrogens is 1. The second kappa shape index (κ2) is 10.9. The lowest BCUT2D eigenvalue weighted by molar-refractivity contribution is -0.163. The van der Waals surface area contributed by atoms with E-state index in [1.165, 1.54) is 18.2 Å². The lowest BCUT2D eigenvalue weighted by atomic mass is 9.82. The number of halogens is 3. The Hall–Kier alpha value is -2.39. The van der Waals surface area contributed by atoms with E-state index >= 15 is 0 Å². The van der Waals surface area contributed by atoms with Crippen LogP contribution in [0, 0.1) is 11.8 Å². The number of nitrogens with zero attached hydrogens (tertiary/aromatic N) is 1. The van der Waals surface area contributed by atoms with Gasteiger partial charge in [-0.25, -0.2) is 9.78 Å². The van der Waals surface area contributed by atoms with Gasteiger partial charge >= 0.3 is 12.1 Å². The highest BCUT2D eigenvalue weighted by Crippen LogP contribution is 2.37. The van der Waals surface area contributed by atoms with Crippen molar-refractivity contribution in [2.45, 2.75) is 71.3 Å². The van der Waals surface area contributed by atoms with Gasteiger partial charge in [0.15, 0.2) is 5.60 Å². The molecule has 0 saturated heterocycles. The third kappa shape index (κ3) is 6.60. The fourth-order valence-electron chi connectivity index (χ4n) is 4.22. The number of aryl methyl sites for hydroxylation is 1. The van der Waals surface area contributed by atoms with Crippen LogP contribution in [-0.4, -0.2) is 34.9 Å². The Morgan fingerprint density at radius 3 is 2.50 bits per heavy atom. The average Bonchev–Trinajstić information content (AvgIpc) is 3.20. The first-order valence-corrected chi connectivity index (χ1v) is 11.6. The van der Waals surface area contributed by atoms with Gasteiger partial charge in [-0.05, 0) is 57.1 Å². The van der Waals surface area contributed by atoms with Crippen molar-refractivity contribution in [3.63, 3.8) is 0 Å². The molecule has 0 spiro atoms. The predicted molar refractivity (Wildman–Crippen MR) is 119 cm³/mol. The largest absolute Gasteiger partial charge is 0.479 e. The van der Waals surface area contributed by atoms with E-state index in [1.54, 1.807) is 13.8 Å². The normalized spacial score (nSPS) is 19.4. The van der Waals surface area contributed by atoms with E-state index in [1.807, 2.05) is 6.92 Å². The summed E-state index contributed by atoms with van der Waals surface area (Å²) in [6, 6.07) is 5.24. The monoisotopic (exact) mass is 483 g/mol. The van der Waals surface area contributed by atoms with Crippen LogP contribution in [0.5, 0.6) is 0 Å². The first-order chi connectivity index (χ1) is 16.0. The average molecular weight is 484 g/mol. The van der Waals surface area contributed by atoms with E-state index < -0.39 is 23.3 Å². The molecular formula is C25H32F3NO5. The molecule has 2 aromatic rings. The van der Waals surface area contributed by atoms with Crippen LogP contribution in [0.3, 0.4) is 0 Å². The molecule has 3 rings (SSSR count). The number of carbonyl (C=O) groups is 1. The van der Waals surface area contributed by atoms with Gasteiger partial charge < -0.3 is 19.0 Å². The summed E-state index contributed by atoms with van der Waals surface area (Å²) >= 11 is 0. The maximum Gasteiger partial charge on any atom is 0.417 e. The highest BCUT2D eigenvalue weighted by molar-refractivity contribution is 5.76. The van der Waals surface area contributed by atoms with Crippen LogP contribution in [0.1, 0.15) is 63.5 Å². The van der Waals surface area contributed by atoms with Crippen molar-refractivity contribution >= 4 is 5.97 Å². The Bertz CT molecular complexity index is 970. The maximum absolute atomic E-state index is 13.4. The SMILES string of the molecule is CCc1oc(-c2ccccc2C(F)(F)F)nc1COC[C@@H]1CCC[C@H](COC(C)(C)C(=O)O)C1. The van der Waals surface area contributed by atoms with Crippen LogP contribution in [0.4, 0.5) is 13.2 Å². The van der Waals surface area contributed by atoms with Crippen LogP contribution in [0.2, 0.25) is 0 Å². The van der Waals surface area contributed by atoms with Crippen LogP contribution >= 0.6 is 0 Å². The summed E-state index contributed by atoms with van der Waals surface area (Å²) in [6.45, 7) is 5.98. The predicted octanol–water partition coefficient (Wildman–Crippen LogP) is 6.13. The Morgan fingerprint density at radius 2 is 1.85 bits per heavy atom. The van der Waals surface area contributed by atoms with Gasteiger partial charge in [0.05, 0.1) is 18.8 Å². The minimum Gasteiger partial charge on any atom is -0.479 e. The van der Waals surface area contributed by atoms with Crippen LogP contribution in [0.25, 0.3) is 11.5 Å². The van der Waals surface area contributed by atoms with Gasteiger partial charge in [0.2, 0.25) is 5.89 Å². The van der Waals surface area contributed by atoms with Crippen molar-refractivity contribution in [1.29, 1.82) is 0 Å². The molecule has 1 aromatic heterocycles. The standard InChI is InChI=1S/C25H32F3NO5/c1-4-21-20(29-22(34-21)18-10-5-6-11-19(18)25(26,27)28)15-32-13-16-8-7-9-17(12-16)14-33-24(2,3)23(30)31/h5-6,10-11,16-17H,4,7-9,12-15H2,1-3H3,(H,30,31)/t16-,17+/m1/s1. The minimum atomic E-state index is -4.50. The first-order valence-electron chi connectivity index (χ1n) is 11.6. The number of rotatable bonds is 10. The van der Waals surface area contributed by atoms with Crippen molar-refractivity contribution in [1.82, 2.24) is 4.98 Å². The number of hydrogen-bond donors (Lipinski definition) is 1. The molecule has 2 atom stereocenters. The molecule has 1 N–H and O–H groups in total. The van der Waals surface area contributed by atoms with E-state index in [4.69, 9.17) is 13.9 Å². The number of alkyl halides is 3. The van der Waals surface area contributed by atoms with Gasteiger partial charge in [0.25, 0.3) is 0 Å². The van der Waals surface area contributed by atoms with Gasteiger partial charge in [0.1, 0.15) is 11.5 Å². The highest BCUT2D eigenvalue weighted by atomic mass is 19.4. The van der Waals surface area contributed by atoms with Crippen molar-refractivity contribution in [2.75, 3.05) is 13.2 Å². The molecule has 0 aliphatic heterocycles. The van der Waals surface area contributed by atoms with Crippen molar-refractivity contribution in [3.8, 4) is 11.5 Å². The summed E-state index contributed by atoms with van der Waals surface area (Å²) in [6.07, 6.45) is -0.144. The fourth-order valence-corrected chi connectivity index (χ4v) is 4.22. The molecular weight excluding hydrogens is 451 g/mol. The molecule has 1 saturated carbocycles. The summed E-state index contributed by atoms with van der Waals surface area (Å²) in [5.74, 6) is 0.0410. The number of carboxylic acids is 1. The smallest absolute Gasteiger partial charge is 0.417 e. The molecule has 0 radical (unpaired) electrons. The number of carboxylic acid groups (broad SMARTS) is 1. The second-order valence-electron chi connectivity index (χ2n) is 9.33. The summed E-state index contributed by atoms with van der Waals surface area (Å²) in [4.78, 5) is 15.6. The number of benzene rings is 1. The van der Waals surface area contributed by atoms with Gasteiger partial charge in [-0.15, -0.1) is 0 Å². The van der Waals surface area contributed by atoms with E-state index in [0.29, 0.717) is 37.0 Å². The lowest BCUT2D eigenvalue weighted by Gasteiger charge is -2.31. The highest BCUT2D eigenvalue weighted by Gasteiger charge is 2.35. The van der Waals surface area contributed by atoms with Crippen LogP contribution < -0.4 is 0 Å². The molecule has 1 heterocycles. The molecule has 9 heteroatoms. The summed E-state index contributed by atoms with van der Waals surface area (Å²) in [5, 5.41) is 9.20. The quantitative estimate of drug-likeness (QED) is 0.438. The second-order valence-corrected chi connectivity index (χ2v) is 9.33. The zero-order valence-corrected chi connectivity index (χ0v) is 19.8. The van der Waals surface area contributed by atoms with Crippen molar-refractivity contribution in [2.24, 2.45) is 11.8 Å². The third-order valence-electron chi connectivity index (χ3n) is 6.24. The summed E-state index contributed by atoms with van der Waals surface area (Å²) in [7, 11) is 0. The first kappa shape index (κ1) is 26.2. The third-order valence-corrected chi connectivity index (χ3v) is 6.24. The van der Waals surface area contributed by atoms with Crippen LogP contribution in [0.15, 0.2) is 28.7 Å². The van der Waals surface area contributed by atoms with E-state index in [9.17, 15) is 23.1 Å². The number of aliphatic carboxylic acids is 1. The number of oxazole rings is 1. The van der Waals surface area contributed by atoms with Gasteiger partial charge in [-0.1, -0.05) is 25.5 Å². The Balaban J connectivity index is 1.58. The molecule has 1 aliphatic carbocycles. The molecule has 1 aromatic carbocycles. The van der Waals surface area contributed by atoms with Gasteiger partial charge in [-0.2, -0.15) is 13.2 Å². The summed E-state index contributed by atoms with van der Waals surface area (Å²) in [5.41, 5.74) is -1.58. The molecule has 6 nitrogen and oxygen atoms in total. The molecule has 1 fully saturated rings. The van der Waals surface area contributed by atoms with Gasteiger partial charge in [0, 0.05) is 18.6 Å². The Morgan fingerprint density at radius 1 is 1.18 bits per heavy atom. The summed E-state index contributed by atoms with van der Waals surface area (Å²) < 4.78 is 57.4. The molecule has 188 valence electrons. The molecule has 0 bridgehead atoms. The van der Waals surface area contributed by atoms with Crippen molar-refractivity contribution in [3.05, 3.63) is 41.3 Å². The van der Waals surface area contributed by atoms with E-state index in [-0.39, 0.29) is 24.0 Å². The zero-order valence-electron chi connectivity index (χ0n) is 19.8. The Kier molecular flexibility index (Phi) is 8.41. The van der Waals surface area contributed by atoms with Gasteiger partial charge in [-0.3, -0.25) is 0 Å². The maximum atomic E-state index is 13.4. The minimum absolute atomic E-state index is 0.0562. The topological polar surface area (TPSA) is 81.8 Å². The Labute approximate surface area is 197 Å². The molecule has 0 unspecified atom stereocenters. The number of hydrogen-bond acceptors (Lipinski definition) is 5. The lowest BCUT2D eigenvalue weighted by Crippen LogP contribution is -2.37. The van der Waals surface area contributed by atoms with Crippen molar-refractivity contribution < 1.29 is 37.0 Å². The van der Waals surface area contributed by atoms with Crippen LogP contribution in [-0.2, 0) is 33.5 Å². The van der Waals surface area contributed by atoms with E-state index in [0.717, 1.165) is 31.7 Å². The molecule has 1 aliphatic rings. The number of ether oxygens (including phenoxy) is 2. The molecule has 34 heavy (non-hydrogen) atoms. The van der Waals surface area contributed by atoms with E-state index in [2.05, 4.69) is 4.98 Å². The fraction of sp³-hybridized carbons (Fsp3) is 0.600. The zero-order chi connectivity index (χ0) is 24.9.